The molecule has 0 bridgehead atoms. The first-order chi connectivity index (χ1) is 11.6. The second kappa shape index (κ2) is 8.38. The van der Waals surface area contributed by atoms with E-state index in [1.807, 2.05) is 6.92 Å². The van der Waals surface area contributed by atoms with Crippen molar-refractivity contribution < 1.29 is 19.1 Å². The average molecular weight is 332 g/mol. The molecule has 2 rings (SSSR count). The summed E-state index contributed by atoms with van der Waals surface area (Å²) in [6, 6.07) is 5.15. The highest BCUT2D eigenvalue weighted by atomic mass is 16.5. The third kappa shape index (κ3) is 4.07. The van der Waals surface area contributed by atoms with E-state index in [2.05, 4.69) is 0 Å². The predicted octanol–water partition coefficient (Wildman–Crippen LogP) is 1.95. The maximum absolute atomic E-state index is 12.7. The molecule has 1 aromatic rings. The van der Waals surface area contributed by atoms with Gasteiger partial charge in [0.05, 0.1) is 14.2 Å². The lowest BCUT2D eigenvalue weighted by Gasteiger charge is -2.22. The van der Waals surface area contributed by atoms with Crippen LogP contribution in [0.5, 0.6) is 11.5 Å². The Kier molecular flexibility index (Phi) is 6.23. The molecule has 1 aromatic carbocycles. The van der Waals surface area contributed by atoms with Gasteiger partial charge in [0.25, 0.3) is 5.91 Å². The predicted molar refractivity (Wildman–Crippen MR) is 91.5 cm³/mol. The minimum Gasteiger partial charge on any atom is -0.493 e. The number of nitrogens with zero attached hydrogens (tertiary/aromatic N) is 2. The maximum Gasteiger partial charge on any atom is 0.254 e. The van der Waals surface area contributed by atoms with Crippen molar-refractivity contribution in [3.05, 3.63) is 35.9 Å². The van der Waals surface area contributed by atoms with Crippen LogP contribution in [-0.2, 0) is 4.79 Å². The molecule has 0 spiro atoms. The van der Waals surface area contributed by atoms with Crippen molar-refractivity contribution >= 4 is 11.8 Å². The molecule has 1 fully saturated rings. The molecule has 130 valence electrons. The molecule has 6 heteroatoms. The van der Waals surface area contributed by atoms with Crippen molar-refractivity contribution in [2.45, 2.75) is 13.3 Å². The lowest BCUT2D eigenvalue weighted by atomic mass is 10.1. The van der Waals surface area contributed by atoms with Gasteiger partial charge in [0, 0.05) is 31.7 Å². The average Bonchev–Trinajstić information content (AvgIpc) is 2.86. The molecule has 0 N–H and O–H groups in total. The normalized spacial score (nSPS) is 15.3. The number of benzene rings is 1. The van der Waals surface area contributed by atoms with Crippen LogP contribution in [0.15, 0.2) is 30.4 Å². The summed E-state index contributed by atoms with van der Waals surface area (Å²) in [4.78, 5) is 28.3. The Hall–Kier alpha value is -2.50. The number of rotatable bonds is 4. The summed E-state index contributed by atoms with van der Waals surface area (Å²) in [5.41, 5.74) is 0.556. The summed E-state index contributed by atoms with van der Waals surface area (Å²) in [5, 5.41) is 0. The number of allylic oxidation sites excluding steroid dienone is 1. The van der Waals surface area contributed by atoms with E-state index in [4.69, 9.17) is 9.47 Å². The van der Waals surface area contributed by atoms with Crippen molar-refractivity contribution in [3.63, 3.8) is 0 Å². The van der Waals surface area contributed by atoms with Gasteiger partial charge in [-0.3, -0.25) is 9.59 Å². The minimum atomic E-state index is -0.0590. The summed E-state index contributed by atoms with van der Waals surface area (Å²) in [5.74, 6) is 1.06. The molecule has 1 heterocycles. The SMILES string of the molecule is C/C=C/C(=O)N1CCCN(C(=O)c2ccc(OC)c(OC)c2)CC1. The first-order valence-electron chi connectivity index (χ1n) is 8.03. The molecular formula is C18H24N2O4. The van der Waals surface area contributed by atoms with Crippen LogP contribution in [0, 0.1) is 0 Å². The van der Waals surface area contributed by atoms with E-state index in [1.165, 1.54) is 0 Å². The van der Waals surface area contributed by atoms with Gasteiger partial charge in [-0.2, -0.15) is 0 Å². The Morgan fingerprint density at radius 3 is 2.33 bits per heavy atom. The smallest absolute Gasteiger partial charge is 0.254 e. The molecule has 2 amide bonds. The Morgan fingerprint density at radius 2 is 1.67 bits per heavy atom. The molecule has 6 nitrogen and oxygen atoms in total. The van der Waals surface area contributed by atoms with Crippen LogP contribution in [0.25, 0.3) is 0 Å². The van der Waals surface area contributed by atoms with Gasteiger partial charge in [-0.05, 0) is 37.6 Å². The quantitative estimate of drug-likeness (QED) is 0.791. The van der Waals surface area contributed by atoms with Gasteiger partial charge in [-0.25, -0.2) is 0 Å². The van der Waals surface area contributed by atoms with E-state index in [-0.39, 0.29) is 11.8 Å². The zero-order valence-corrected chi connectivity index (χ0v) is 14.4. The Morgan fingerprint density at radius 1 is 1.00 bits per heavy atom. The van der Waals surface area contributed by atoms with Crippen LogP contribution >= 0.6 is 0 Å². The van der Waals surface area contributed by atoms with Crippen LogP contribution < -0.4 is 9.47 Å². The van der Waals surface area contributed by atoms with Crippen LogP contribution in [0.1, 0.15) is 23.7 Å². The van der Waals surface area contributed by atoms with Gasteiger partial charge in [-0.15, -0.1) is 0 Å². The largest absolute Gasteiger partial charge is 0.493 e. The number of ether oxygens (including phenoxy) is 2. The Balaban J connectivity index is 2.09. The second-order valence-electron chi connectivity index (χ2n) is 5.54. The fourth-order valence-corrected chi connectivity index (χ4v) is 2.74. The molecule has 0 aliphatic carbocycles. The highest BCUT2D eigenvalue weighted by Crippen LogP contribution is 2.28. The maximum atomic E-state index is 12.7. The number of carbonyl (C=O) groups is 2. The molecule has 24 heavy (non-hydrogen) atoms. The summed E-state index contributed by atoms with van der Waals surface area (Å²) in [7, 11) is 3.10. The van der Waals surface area contributed by atoms with Crippen LogP contribution in [0.3, 0.4) is 0 Å². The number of carbonyl (C=O) groups excluding carboxylic acids is 2. The van der Waals surface area contributed by atoms with E-state index in [9.17, 15) is 9.59 Å². The van der Waals surface area contributed by atoms with Gasteiger partial charge in [0.2, 0.25) is 5.91 Å². The van der Waals surface area contributed by atoms with E-state index >= 15 is 0 Å². The molecule has 1 aliphatic rings. The number of hydrogen-bond acceptors (Lipinski definition) is 4. The van der Waals surface area contributed by atoms with E-state index in [0.717, 1.165) is 6.42 Å². The number of amides is 2. The van der Waals surface area contributed by atoms with Crippen LogP contribution in [0.2, 0.25) is 0 Å². The molecule has 0 radical (unpaired) electrons. The zero-order valence-electron chi connectivity index (χ0n) is 14.4. The van der Waals surface area contributed by atoms with Crippen molar-refractivity contribution in [1.82, 2.24) is 9.80 Å². The minimum absolute atomic E-state index is 0.00193. The number of methoxy groups -OCH3 is 2. The Labute approximate surface area is 142 Å². The summed E-state index contributed by atoms with van der Waals surface area (Å²) in [6.07, 6.45) is 4.06. The zero-order chi connectivity index (χ0) is 17.5. The summed E-state index contributed by atoms with van der Waals surface area (Å²) < 4.78 is 10.5. The van der Waals surface area contributed by atoms with Crippen LogP contribution in [-0.4, -0.2) is 62.0 Å². The number of hydrogen-bond donors (Lipinski definition) is 0. The molecule has 0 unspecified atom stereocenters. The highest BCUT2D eigenvalue weighted by molar-refractivity contribution is 5.95. The van der Waals surface area contributed by atoms with Gasteiger partial charge in [-0.1, -0.05) is 6.08 Å². The lowest BCUT2D eigenvalue weighted by molar-refractivity contribution is -0.125. The summed E-state index contributed by atoms with van der Waals surface area (Å²) >= 11 is 0. The molecule has 0 atom stereocenters. The van der Waals surface area contributed by atoms with E-state index in [0.29, 0.717) is 43.2 Å². The molecular weight excluding hydrogens is 308 g/mol. The van der Waals surface area contributed by atoms with Crippen molar-refractivity contribution in [2.75, 3.05) is 40.4 Å². The monoisotopic (exact) mass is 332 g/mol. The third-order valence-corrected chi connectivity index (χ3v) is 4.03. The van der Waals surface area contributed by atoms with Crippen LogP contribution in [0.4, 0.5) is 0 Å². The first kappa shape index (κ1) is 17.8. The second-order valence-corrected chi connectivity index (χ2v) is 5.54. The van der Waals surface area contributed by atoms with Gasteiger partial charge in [0.1, 0.15) is 0 Å². The topological polar surface area (TPSA) is 59.1 Å². The van der Waals surface area contributed by atoms with E-state index in [1.54, 1.807) is 54.4 Å². The van der Waals surface area contributed by atoms with Gasteiger partial charge < -0.3 is 19.3 Å². The van der Waals surface area contributed by atoms with Gasteiger partial charge in [0.15, 0.2) is 11.5 Å². The molecule has 0 saturated carbocycles. The summed E-state index contributed by atoms with van der Waals surface area (Å²) in [6.45, 7) is 4.19. The van der Waals surface area contributed by atoms with Crippen molar-refractivity contribution in [2.24, 2.45) is 0 Å². The molecule has 0 aromatic heterocycles. The fourth-order valence-electron chi connectivity index (χ4n) is 2.74. The standard InChI is InChI=1S/C18H24N2O4/c1-4-6-17(21)19-9-5-10-20(12-11-19)18(22)14-7-8-15(23-2)16(13-14)24-3/h4,6-8,13H,5,9-12H2,1-3H3/b6-4+. The fraction of sp³-hybridized carbons (Fsp3) is 0.444. The van der Waals surface area contributed by atoms with E-state index < -0.39 is 0 Å². The Bertz CT molecular complexity index is 627. The molecule has 1 saturated heterocycles. The van der Waals surface area contributed by atoms with Crippen molar-refractivity contribution in [3.8, 4) is 11.5 Å². The van der Waals surface area contributed by atoms with Crippen molar-refractivity contribution in [1.29, 1.82) is 0 Å². The molecule has 1 aliphatic heterocycles. The third-order valence-electron chi connectivity index (χ3n) is 4.03. The van der Waals surface area contributed by atoms with Gasteiger partial charge >= 0.3 is 0 Å². The highest BCUT2D eigenvalue weighted by Gasteiger charge is 2.22. The first-order valence-corrected chi connectivity index (χ1v) is 8.03. The lowest BCUT2D eigenvalue weighted by Crippen LogP contribution is -2.36.